The molecular weight excluding hydrogens is 200 g/mol. The standard InChI is InChI=1S/C13H20N2O/c1-13(2,3)8-12(16)15-11-6-4-5-10(7-11)9-14/h4-7H,8-9,14H2,1-3H3,(H,15,16). The van der Waals surface area contributed by atoms with Crippen molar-refractivity contribution < 1.29 is 4.79 Å². The van der Waals surface area contributed by atoms with Gasteiger partial charge in [-0.25, -0.2) is 0 Å². The highest BCUT2D eigenvalue weighted by atomic mass is 16.1. The lowest BCUT2D eigenvalue weighted by Crippen LogP contribution is -2.19. The molecule has 88 valence electrons. The maximum atomic E-state index is 11.7. The van der Waals surface area contributed by atoms with E-state index in [0.717, 1.165) is 11.3 Å². The third kappa shape index (κ3) is 4.45. The number of nitrogens with one attached hydrogen (secondary N) is 1. The molecule has 16 heavy (non-hydrogen) atoms. The molecule has 0 aromatic heterocycles. The van der Waals surface area contributed by atoms with Gasteiger partial charge in [-0.05, 0) is 23.1 Å². The van der Waals surface area contributed by atoms with E-state index in [9.17, 15) is 4.79 Å². The molecule has 0 saturated carbocycles. The van der Waals surface area contributed by atoms with Gasteiger partial charge >= 0.3 is 0 Å². The van der Waals surface area contributed by atoms with Crippen molar-refractivity contribution in [3.05, 3.63) is 29.8 Å². The highest BCUT2D eigenvalue weighted by Gasteiger charge is 2.15. The lowest BCUT2D eigenvalue weighted by molar-refractivity contribution is -0.117. The van der Waals surface area contributed by atoms with Crippen LogP contribution in [0.3, 0.4) is 0 Å². The number of benzene rings is 1. The van der Waals surface area contributed by atoms with Gasteiger partial charge in [-0.15, -0.1) is 0 Å². The van der Waals surface area contributed by atoms with Crippen molar-refractivity contribution in [2.45, 2.75) is 33.7 Å². The van der Waals surface area contributed by atoms with Crippen LogP contribution < -0.4 is 11.1 Å². The molecule has 0 aliphatic carbocycles. The van der Waals surface area contributed by atoms with E-state index in [2.05, 4.69) is 5.32 Å². The smallest absolute Gasteiger partial charge is 0.224 e. The number of nitrogens with two attached hydrogens (primary N) is 1. The van der Waals surface area contributed by atoms with Crippen molar-refractivity contribution >= 4 is 11.6 Å². The minimum Gasteiger partial charge on any atom is -0.326 e. The molecular formula is C13H20N2O. The molecule has 1 amide bonds. The van der Waals surface area contributed by atoms with E-state index in [1.807, 2.05) is 45.0 Å². The molecule has 0 bridgehead atoms. The van der Waals surface area contributed by atoms with Crippen LogP contribution in [0.5, 0.6) is 0 Å². The van der Waals surface area contributed by atoms with Crippen molar-refractivity contribution in [2.75, 3.05) is 5.32 Å². The van der Waals surface area contributed by atoms with Gasteiger partial charge in [0.1, 0.15) is 0 Å². The quantitative estimate of drug-likeness (QED) is 0.822. The van der Waals surface area contributed by atoms with Gasteiger partial charge in [0.05, 0.1) is 0 Å². The van der Waals surface area contributed by atoms with E-state index in [0.29, 0.717) is 13.0 Å². The summed E-state index contributed by atoms with van der Waals surface area (Å²) in [5.74, 6) is 0.0432. The molecule has 0 fully saturated rings. The SMILES string of the molecule is CC(C)(C)CC(=O)Nc1cccc(CN)c1. The van der Waals surface area contributed by atoms with Gasteiger partial charge in [0.15, 0.2) is 0 Å². The maximum Gasteiger partial charge on any atom is 0.224 e. The summed E-state index contributed by atoms with van der Waals surface area (Å²) in [5.41, 5.74) is 7.39. The van der Waals surface area contributed by atoms with Crippen LogP contribution in [0.1, 0.15) is 32.8 Å². The highest BCUT2D eigenvalue weighted by Crippen LogP contribution is 2.19. The Labute approximate surface area is 97.0 Å². The van der Waals surface area contributed by atoms with Crippen molar-refractivity contribution in [1.82, 2.24) is 0 Å². The summed E-state index contributed by atoms with van der Waals surface area (Å²) in [5, 5.41) is 2.88. The summed E-state index contributed by atoms with van der Waals surface area (Å²) in [6.07, 6.45) is 0.514. The summed E-state index contributed by atoms with van der Waals surface area (Å²) in [4.78, 5) is 11.7. The Morgan fingerprint density at radius 1 is 1.38 bits per heavy atom. The maximum absolute atomic E-state index is 11.7. The summed E-state index contributed by atoms with van der Waals surface area (Å²) in [6, 6.07) is 7.62. The van der Waals surface area contributed by atoms with Crippen molar-refractivity contribution in [3.8, 4) is 0 Å². The van der Waals surface area contributed by atoms with E-state index < -0.39 is 0 Å². The fraction of sp³-hybridized carbons (Fsp3) is 0.462. The van der Waals surface area contributed by atoms with Crippen LogP contribution in [0.4, 0.5) is 5.69 Å². The van der Waals surface area contributed by atoms with E-state index in [1.165, 1.54) is 0 Å². The van der Waals surface area contributed by atoms with E-state index >= 15 is 0 Å². The average molecular weight is 220 g/mol. The normalized spacial score (nSPS) is 11.2. The zero-order valence-electron chi connectivity index (χ0n) is 10.2. The molecule has 3 heteroatoms. The monoisotopic (exact) mass is 220 g/mol. The van der Waals surface area contributed by atoms with E-state index in [-0.39, 0.29) is 11.3 Å². The molecule has 0 saturated heterocycles. The predicted octanol–water partition coefficient (Wildman–Crippen LogP) is 2.52. The van der Waals surface area contributed by atoms with Crippen molar-refractivity contribution in [3.63, 3.8) is 0 Å². The van der Waals surface area contributed by atoms with Gasteiger partial charge in [0.25, 0.3) is 0 Å². The number of carbonyl (C=O) groups is 1. The zero-order valence-corrected chi connectivity index (χ0v) is 10.2. The molecule has 0 radical (unpaired) electrons. The Hall–Kier alpha value is -1.35. The molecule has 0 aliphatic rings. The third-order valence-corrected chi connectivity index (χ3v) is 2.14. The largest absolute Gasteiger partial charge is 0.326 e. The molecule has 0 aliphatic heterocycles. The zero-order chi connectivity index (χ0) is 12.2. The Morgan fingerprint density at radius 3 is 2.62 bits per heavy atom. The Bertz CT molecular complexity index is 366. The number of anilines is 1. The van der Waals surface area contributed by atoms with E-state index in [4.69, 9.17) is 5.73 Å². The first-order valence-corrected chi connectivity index (χ1v) is 5.49. The van der Waals surface area contributed by atoms with Crippen LogP contribution in [-0.2, 0) is 11.3 Å². The Morgan fingerprint density at radius 2 is 2.06 bits per heavy atom. The molecule has 3 nitrogen and oxygen atoms in total. The third-order valence-electron chi connectivity index (χ3n) is 2.14. The molecule has 0 heterocycles. The topological polar surface area (TPSA) is 55.1 Å². The predicted molar refractivity (Wildman–Crippen MR) is 67.0 cm³/mol. The molecule has 1 aromatic carbocycles. The Kier molecular flexibility index (Phi) is 4.07. The summed E-state index contributed by atoms with van der Waals surface area (Å²) in [6.45, 7) is 6.62. The van der Waals surface area contributed by atoms with Gasteiger partial charge in [0.2, 0.25) is 5.91 Å². The second-order valence-electron chi connectivity index (χ2n) is 5.19. The molecule has 0 unspecified atom stereocenters. The Balaban J connectivity index is 2.62. The number of hydrogen-bond donors (Lipinski definition) is 2. The lowest BCUT2D eigenvalue weighted by atomic mass is 9.92. The van der Waals surface area contributed by atoms with Crippen LogP contribution >= 0.6 is 0 Å². The van der Waals surface area contributed by atoms with Crippen LogP contribution in [0.2, 0.25) is 0 Å². The average Bonchev–Trinajstić information content (AvgIpc) is 2.15. The van der Waals surface area contributed by atoms with Gasteiger partial charge in [0, 0.05) is 18.7 Å². The lowest BCUT2D eigenvalue weighted by Gasteiger charge is -2.17. The van der Waals surface area contributed by atoms with Gasteiger partial charge in [-0.1, -0.05) is 32.9 Å². The van der Waals surface area contributed by atoms with Crippen LogP contribution in [0.25, 0.3) is 0 Å². The number of hydrogen-bond acceptors (Lipinski definition) is 2. The van der Waals surface area contributed by atoms with Crippen LogP contribution in [0.15, 0.2) is 24.3 Å². The van der Waals surface area contributed by atoms with E-state index in [1.54, 1.807) is 0 Å². The van der Waals surface area contributed by atoms with Gasteiger partial charge in [-0.2, -0.15) is 0 Å². The molecule has 1 rings (SSSR count). The van der Waals surface area contributed by atoms with Gasteiger partial charge in [-0.3, -0.25) is 4.79 Å². The molecule has 3 N–H and O–H groups in total. The summed E-state index contributed by atoms with van der Waals surface area (Å²) < 4.78 is 0. The molecule has 0 atom stereocenters. The van der Waals surface area contributed by atoms with Gasteiger partial charge < -0.3 is 11.1 Å². The number of amides is 1. The first-order chi connectivity index (χ1) is 7.40. The van der Waals surface area contributed by atoms with Crippen LogP contribution in [-0.4, -0.2) is 5.91 Å². The molecule has 0 spiro atoms. The summed E-state index contributed by atoms with van der Waals surface area (Å²) in [7, 11) is 0. The second-order valence-corrected chi connectivity index (χ2v) is 5.19. The fourth-order valence-electron chi connectivity index (χ4n) is 1.46. The van der Waals surface area contributed by atoms with Crippen molar-refractivity contribution in [1.29, 1.82) is 0 Å². The number of rotatable bonds is 3. The minimum absolute atomic E-state index is 0.00949. The highest BCUT2D eigenvalue weighted by molar-refractivity contribution is 5.91. The first-order valence-electron chi connectivity index (χ1n) is 5.49. The minimum atomic E-state index is 0.00949. The molecule has 1 aromatic rings. The second kappa shape index (κ2) is 5.12. The first kappa shape index (κ1) is 12.7. The summed E-state index contributed by atoms with van der Waals surface area (Å²) >= 11 is 0. The fourth-order valence-corrected chi connectivity index (χ4v) is 1.46. The van der Waals surface area contributed by atoms with Crippen molar-refractivity contribution in [2.24, 2.45) is 11.1 Å². The van der Waals surface area contributed by atoms with Crippen LogP contribution in [0, 0.1) is 5.41 Å². The number of carbonyl (C=O) groups excluding carboxylic acids is 1.